The Morgan fingerprint density at radius 2 is 1.56 bits per heavy atom. The Hall–Kier alpha value is -2.94. The number of fused-ring (bicyclic) bond motifs is 1. The van der Waals surface area contributed by atoms with Gasteiger partial charge in [-0.15, -0.1) is 0 Å². The minimum absolute atomic E-state index is 0.0388. The van der Waals surface area contributed by atoms with Crippen molar-refractivity contribution >= 4 is 28.8 Å². The number of hydrogen-bond acceptors (Lipinski definition) is 6. The maximum absolute atomic E-state index is 14.5. The number of benzene rings is 2. The van der Waals surface area contributed by atoms with Gasteiger partial charge < -0.3 is 20.1 Å². The molecule has 2 N–H and O–H groups in total. The molecule has 0 spiro atoms. The van der Waals surface area contributed by atoms with Crippen LogP contribution in [-0.4, -0.2) is 68.4 Å². The molecule has 0 unspecified atom stereocenters. The van der Waals surface area contributed by atoms with Crippen molar-refractivity contribution < 1.29 is 14.3 Å². The van der Waals surface area contributed by atoms with Crippen LogP contribution in [-0.2, 0) is 9.47 Å². The third-order valence-corrected chi connectivity index (χ3v) is 9.04. The van der Waals surface area contributed by atoms with Crippen molar-refractivity contribution in [2.24, 2.45) is 11.0 Å². The van der Waals surface area contributed by atoms with Crippen LogP contribution < -0.4 is 15.5 Å². The lowest BCUT2D eigenvalue weighted by Gasteiger charge is -2.33. The summed E-state index contributed by atoms with van der Waals surface area (Å²) in [5.41, 5.74) is 6.17. The van der Waals surface area contributed by atoms with E-state index in [0.717, 1.165) is 98.7 Å². The number of nitrogens with zero attached hydrogens (tertiary/aromatic N) is 3. The molecule has 4 aliphatic rings. The third kappa shape index (κ3) is 6.60. The number of anilines is 3. The lowest BCUT2D eigenvalue weighted by molar-refractivity contribution is 0.0480. The highest BCUT2D eigenvalue weighted by Gasteiger charge is 2.37. The third-order valence-electron chi connectivity index (χ3n) is 9.04. The van der Waals surface area contributed by atoms with Crippen molar-refractivity contribution in [1.82, 2.24) is 10.3 Å². The summed E-state index contributed by atoms with van der Waals surface area (Å²) < 4.78 is 11.1. The van der Waals surface area contributed by atoms with Crippen molar-refractivity contribution in [2.75, 3.05) is 49.7 Å². The van der Waals surface area contributed by atoms with Gasteiger partial charge in [0.2, 0.25) is 0 Å². The van der Waals surface area contributed by atoms with E-state index >= 15 is 0 Å². The molecule has 41 heavy (non-hydrogen) atoms. The van der Waals surface area contributed by atoms with Gasteiger partial charge in [-0.05, 0) is 81.3 Å². The fraction of sp³-hybridized carbons (Fsp3) is 0.576. The molecule has 2 aromatic carbocycles. The summed E-state index contributed by atoms with van der Waals surface area (Å²) in [5.74, 6) is 0.376. The molecule has 0 radical (unpaired) electrons. The number of nitrogens with one attached hydrogen (secondary N) is 2. The fourth-order valence-corrected chi connectivity index (χ4v) is 6.67. The molecule has 0 aromatic heterocycles. The number of carbonyl (C=O) groups is 1. The highest BCUT2D eigenvalue weighted by atomic mass is 16.5. The van der Waals surface area contributed by atoms with Crippen molar-refractivity contribution in [1.29, 1.82) is 0 Å². The van der Waals surface area contributed by atoms with E-state index in [-0.39, 0.29) is 12.1 Å². The molecule has 2 saturated heterocycles. The number of aryl methyl sites for hydroxylation is 1. The second kappa shape index (κ2) is 13.4. The summed E-state index contributed by atoms with van der Waals surface area (Å²) in [6.07, 6.45) is 9.76. The number of hydrogen-bond donors (Lipinski definition) is 2. The second-order valence-corrected chi connectivity index (χ2v) is 12.0. The molecule has 0 atom stereocenters. The first kappa shape index (κ1) is 28.2. The Bertz CT molecular complexity index is 1200. The Kier molecular flexibility index (Phi) is 9.19. The first-order chi connectivity index (χ1) is 20.2. The van der Waals surface area contributed by atoms with Crippen molar-refractivity contribution in [3.05, 3.63) is 53.6 Å². The van der Waals surface area contributed by atoms with E-state index in [0.29, 0.717) is 25.2 Å². The molecule has 3 fully saturated rings. The minimum atomic E-state index is -0.0732. The number of hydrazone groups is 1. The van der Waals surface area contributed by atoms with E-state index in [2.05, 4.69) is 60.0 Å². The number of urea groups is 1. The fourth-order valence-electron chi connectivity index (χ4n) is 6.67. The van der Waals surface area contributed by atoms with E-state index in [1.54, 1.807) is 5.01 Å². The summed E-state index contributed by atoms with van der Waals surface area (Å²) in [7, 11) is 0. The maximum Gasteiger partial charge on any atom is 0.349 e. The Morgan fingerprint density at radius 3 is 2.29 bits per heavy atom. The van der Waals surface area contributed by atoms with Gasteiger partial charge in [-0.1, -0.05) is 31.4 Å². The predicted octanol–water partition coefficient (Wildman–Crippen LogP) is 6.21. The zero-order chi connectivity index (χ0) is 28.0. The van der Waals surface area contributed by atoms with Crippen LogP contribution in [0, 0.1) is 12.8 Å². The van der Waals surface area contributed by atoms with E-state index in [1.807, 2.05) is 4.90 Å². The summed E-state index contributed by atoms with van der Waals surface area (Å²) in [5, 5.41) is 14.2. The average Bonchev–Trinajstić information content (AvgIpc) is 3.14. The van der Waals surface area contributed by atoms with Gasteiger partial charge in [0.1, 0.15) is 0 Å². The first-order valence-corrected chi connectivity index (χ1v) is 15.7. The van der Waals surface area contributed by atoms with Gasteiger partial charge in [0.05, 0.1) is 23.1 Å². The second-order valence-electron chi connectivity index (χ2n) is 12.0. The zero-order valence-corrected chi connectivity index (χ0v) is 24.4. The highest BCUT2D eigenvalue weighted by molar-refractivity contribution is 6.14. The van der Waals surface area contributed by atoms with Crippen LogP contribution in [0.2, 0.25) is 0 Å². The van der Waals surface area contributed by atoms with Crippen LogP contribution in [0.1, 0.15) is 68.9 Å². The molecule has 3 heterocycles. The molecule has 8 nitrogen and oxygen atoms in total. The van der Waals surface area contributed by atoms with Crippen molar-refractivity contribution in [3.8, 4) is 0 Å². The van der Waals surface area contributed by atoms with E-state index in [1.165, 1.54) is 19.3 Å². The molecule has 0 bridgehead atoms. The molecule has 2 aromatic rings. The lowest BCUT2D eigenvalue weighted by atomic mass is 9.82. The molecule has 3 aliphatic heterocycles. The van der Waals surface area contributed by atoms with E-state index in [4.69, 9.17) is 14.6 Å². The Balaban J connectivity index is 1.26. The van der Waals surface area contributed by atoms with Gasteiger partial charge in [0, 0.05) is 62.7 Å². The van der Waals surface area contributed by atoms with Gasteiger partial charge in [0.25, 0.3) is 0 Å². The van der Waals surface area contributed by atoms with Crippen LogP contribution in [0.3, 0.4) is 0 Å². The summed E-state index contributed by atoms with van der Waals surface area (Å²) in [6.45, 7) is 6.88. The molecular weight excluding hydrogens is 514 g/mol. The summed E-state index contributed by atoms with van der Waals surface area (Å²) >= 11 is 0. The molecule has 220 valence electrons. The number of ether oxygens (including phenoxy) is 2. The van der Waals surface area contributed by atoms with Gasteiger partial charge in [-0.2, -0.15) is 5.10 Å². The van der Waals surface area contributed by atoms with Gasteiger partial charge in [0.15, 0.2) is 0 Å². The van der Waals surface area contributed by atoms with Crippen LogP contribution in [0.15, 0.2) is 47.6 Å². The minimum Gasteiger partial charge on any atom is -0.384 e. The quantitative estimate of drug-likeness (QED) is 0.376. The van der Waals surface area contributed by atoms with Crippen molar-refractivity contribution in [2.45, 2.75) is 76.8 Å². The normalized spacial score (nSPS) is 21.4. The van der Waals surface area contributed by atoms with Gasteiger partial charge >= 0.3 is 6.03 Å². The van der Waals surface area contributed by atoms with Crippen LogP contribution in [0.5, 0.6) is 0 Å². The largest absolute Gasteiger partial charge is 0.384 e. The number of carbonyl (C=O) groups excluding carboxylic acids is 1. The molecule has 1 aliphatic carbocycles. The molecular formula is C33H45N5O3. The molecule has 1 saturated carbocycles. The molecule has 8 heteroatoms. The van der Waals surface area contributed by atoms with Crippen molar-refractivity contribution in [3.63, 3.8) is 0 Å². The predicted molar refractivity (Wildman–Crippen MR) is 164 cm³/mol. The van der Waals surface area contributed by atoms with E-state index in [9.17, 15) is 4.79 Å². The van der Waals surface area contributed by atoms with Crippen LogP contribution in [0.4, 0.5) is 21.9 Å². The van der Waals surface area contributed by atoms with E-state index < -0.39 is 0 Å². The zero-order valence-electron chi connectivity index (χ0n) is 24.4. The first-order valence-electron chi connectivity index (χ1n) is 15.7. The SMILES string of the molecule is Cc1ccc2c(c1)N(c1ccc(NCCNC3CCOCC3)cc1)C(=O)N(C1CCOCC1)N=C2C1CCCCC1. The summed E-state index contributed by atoms with van der Waals surface area (Å²) in [4.78, 5) is 16.4. The maximum atomic E-state index is 14.5. The average molecular weight is 560 g/mol. The Labute approximate surface area is 244 Å². The van der Waals surface area contributed by atoms with Crippen LogP contribution >= 0.6 is 0 Å². The summed E-state index contributed by atoms with van der Waals surface area (Å²) in [6, 6.07) is 15.3. The lowest BCUT2D eigenvalue weighted by Crippen LogP contribution is -2.45. The van der Waals surface area contributed by atoms with Gasteiger partial charge in [-0.25, -0.2) is 9.80 Å². The number of rotatable bonds is 8. The smallest absolute Gasteiger partial charge is 0.349 e. The molecule has 6 rings (SSSR count). The van der Waals surface area contributed by atoms with Crippen LogP contribution in [0.25, 0.3) is 0 Å². The topological polar surface area (TPSA) is 78.4 Å². The standard InChI is InChI=1S/C33H45N5O3/c1-24-7-12-30-31(23-24)37(28-10-8-26(9-11-28)34-17-18-35-27-13-19-40-20-14-27)33(39)38(29-15-21-41-22-16-29)36-32(30)25-5-3-2-4-6-25/h7-12,23,25,27,29,34-35H,2-6,13-22H2,1H3. The highest BCUT2D eigenvalue weighted by Crippen LogP contribution is 2.39. The Morgan fingerprint density at radius 1 is 0.854 bits per heavy atom. The van der Waals surface area contributed by atoms with Gasteiger partial charge in [-0.3, -0.25) is 4.90 Å². The monoisotopic (exact) mass is 559 g/mol. The molecule has 2 amide bonds. The number of amides is 2.